The Balaban J connectivity index is 2.18. The van der Waals surface area contributed by atoms with Crippen molar-refractivity contribution in [2.45, 2.75) is 31.6 Å². The van der Waals surface area contributed by atoms with Crippen molar-refractivity contribution < 1.29 is 14.9 Å². The molecule has 1 aromatic rings. The quantitative estimate of drug-likeness (QED) is 0.855. The van der Waals surface area contributed by atoms with E-state index in [0.717, 1.165) is 38.0 Å². The lowest BCUT2D eigenvalue weighted by atomic mass is 9.73. The standard InChI is InChI=1S/C16H24O3/c1-13-2-4-15(5-3-13)16(11-17,12-18)10-14-6-8-19-9-7-14/h2-5,14,17-18H,6-12H2,1H3. The number of aliphatic hydroxyl groups is 2. The Morgan fingerprint density at radius 1 is 1.11 bits per heavy atom. The topological polar surface area (TPSA) is 49.7 Å². The van der Waals surface area contributed by atoms with Crippen molar-refractivity contribution in [1.82, 2.24) is 0 Å². The first-order valence-corrected chi connectivity index (χ1v) is 7.07. The molecule has 0 atom stereocenters. The van der Waals surface area contributed by atoms with Crippen LogP contribution in [0.3, 0.4) is 0 Å². The minimum atomic E-state index is -0.518. The third kappa shape index (κ3) is 3.35. The van der Waals surface area contributed by atoms with E-state index in [1.165, 1.54) is 5.56 Å². The van der Waals surface area contributed by atoms with E-state index in [-0.39, 0.29) is 13.2 Å². The van der Waals surface area contributed by atoms with E-state index >= 15 is 0 Å². The fourth-order valence-corrected chi connectivity index (χ4v) is 2.89. The molecular formula is C16H24O3. The summed E-state index contributed by atoms with van der Waals surface area (Å²) in [4.78, 5) is 0. The highest BCUT2D eigenvalue weighted by Gasteiger charge is 2.34. The van der Waals surface area contributed by atoms with Crippen LogP contribution in [-0.4, -0.2) is 36.6 Å². The van der Waals surface area contributed by atoms with Crippen LogP contribution in [0, 0.1) is 12.8 Å². The molecule has 1 heterocycles. The van der Waals surface area contributed by atoms with Gasteiger partial charge in [0.25, 0.3) is 0 Å². The lowest BCUT2D eigenvalue weighted by Gasteiger charge is -2.35. The van der Waals surface area contributed by atoms with E-state index in [0.29, 0.717) is 5.92 Å². The number of hydrogen-bond donors (Lipinski definition) is 2. The van der Waals surface area contributed by atoms with Gasteiger partial charge in [-0.05, 0) is 37.7 Å². The fourth-order valence-electron chi connectivity index (χ4n) is 2.89. The summed E-state index contributed by atoms with van der Waals surface area (Å²) in [7, 11) is 0. The zero-order valence-corrected chi connectivity index (χ0v) is 11.6. The third-order valence-corrected chi connectivity index (χ3v) is 4.29. The predicted octanol–water partition coefficient (Wildman–Crippen LogP) is 2.03. The van der Waals surface area contributed by atoms with E-state index in [1.807, 2.05) is 31.2 Å². The highest BCUT2D eigenvalue weighted by Crippen LogP contribution is 2.34. The molecule has 3 nitrogen and oxygen atoms in total. The molecule has 0 aromatic heterocycles. The van der Waals surface area contributed by atoms with Gasteiger partial charge in [-0.3, -0.25) is 0 Å². The first-order valence-electron chi connectivity index (χ1n) is 7.07. The monoisotopic (exact) mass is 264 g/mol. The molecule has 1 aliphatic heterocycles. The Hall–Kier alpha value is -0.900. The van der Waals surface area contributed by atoms with Crippen molar-refractivity contribution in [3.05, 3.63) is 35.4 Å². The molecule has 2 rings (SSSR count). The van der Waals surface area contributed by atoms with Gasteiger partial charge in [-0.1, -0.05) is 29.8 Å². The van der Waals surface area contributed by atoms with E-state index < -0.39 is 5.41 Å². The largest absolute Gasteiger partial charge is 0.395 e. The molecule has 2 N–H and O–H groups in total. The van der Waals surface area contributed by atoms with Gasteiger partial charge in [0.2, 0.25) is 0 Å². The van der Waals surface area contributed by atoms with Crippen LogP contribution in [-0.2, 0) is 10.2 Å². The van der Waals surface area contributed by atoms with E-state index in [2.05, 4.69) is 0 Å². The van der Waals surface area contributed by atoms with Crippen LogP contribution in [0.15, 0.2) is 24.3 Å². The SMILES string of the molecule is Cc1ccc(C(CO)(CO)CC2CCOCC2)cc1. The highest BCUT2D eigenvalue weighted by atomic mass is 16.5. The zero-order valence-electron chi connectivity index (χ0n) is 11.6. The minimum Gasteiger partial charge on any atom is -0.395 e. The Bertz CT molecular complexity index is 375. The molecule has 106 valence electrons. The maximum Gasteiger partial charge on any atom is 0.0550 e. The normalized spacial score (nSPS) is 17.6. The first-order chi connectivity index (χ1) is 9.20. The third-order valence-electron chi connectivity index (χ3n) is 4.29. The number of hydrogen-bond acceptors (Lipinski definition) is 3. The van der Waals surface area contributed by atoms with Crippen LogP contribution in [0.5, 0.6) is 0 Å². The summed E-state index contributed by atoms with van der Waals surface area (Å²) in [6.07, 6.45) is 2.87. The Labute approximate surface area is 115 Å². The molecule has 1 saturated heterocycles. The summed E-state index contributed by atoms with van der Waals surface area (Å²) in [5.74, 6) is 0.523. The van der Waals surface area contributed by atoms with Crippen LogP contribution in [0.25, 0.3) is 0 Å². The average molecular weight is 264 g/mol. The molecule has 0 spiro atoms. The summed E-state index contributed by atoms with van der Waals surface area (Å²) in [6.45, 7) is 3.62. The molecule has 3 heteroatoms. The van der Waals surface area contributed by atoms with Crippen molar-refractivity contribution in [3.63, 3.8) is 0 Å². The maximum absolute atomic E-state index is 9.84. The van der Waals surface area contributed by atoms with E-state index in [1.54, 1.807) is 0 Å². The molecule has 1 aliphatic rings. The Morgan fingerprint density at radius 2 is 1.68 bits per heavy atom. The van der Waals surface area contributed by atoms with Gasteiger partial charge in [0.1, 0.15) is 0 Å². The Kier molecular flexibility index (Phi) is 4.97. The van der Waals surface area contributed by atoms with Crippen LogP contribution in [0.1, 0.15) is 30.4 Å². The minimum absolute atomic E-state index is 0.0100. The van der Waals surface area contributed by atoms with Gasteiger partial charge in [-0.2, -0.15) is 0 Å². The molecule has 0 unspecified atom stereocenters. The average Bonchev–Trinajstić information content (AvgIpc) is 2.47. The fraction of sp³-hybridized carbons (Fsp3) is 0.625. The van der Waals surface area contributed by atoms with Crippen molar-refractivity contribution in [1.29, 1.82) is 0 Å². The summed E-state index contributed by atoms with van der Waals surface area (Å²) < 4.78 is 5.38. The van der Waals surface area contributed by atoms with Crippen molar-refractivity contribution in [2.24, 2.45) is 5.92 Å². The first kappa shape index (κ1) is 14.5. The smallest absolute Gasteiger partial charge is 0.0550 e. The van der Waals surface area contributed by atoms with Gasteiger partial charge in [-0.25, -0.2) is 0 Å². The van der Waals surface area contributed by atoms with Crippen molar-refractivity contribution >= 4 is 0 Å². The molecule has 0 aliphatic carbocycles. The molecule has 0 bridgehead atoms. The van der Waals surface area contributed by atoms with Gasteiger partial charge in [0.15, 0.2) is 0 Å². The van der Waals surface area contributed by atoms with Crippen LogP contribution < -0.4 is 0 Å². The molecule has 0 amide bonds. The van der Waals surface area contributed by atoms with Crippen LogP contribution in [0.2, 0.25) is 0 Å². The number of rotatable bonds is 5. The molecule has 1 fully saturated rings. The summed E-state index contributed by atoms with van der Waals surface area (Å²) in [5.41, 5.74) is 1.71. The second-order valence-electron chi connectivity index (χ2n) is 5.72. The summed E-state index contributed by atoms with van der Waals surface area (Å²) in [6, 6.07) is 8.14. The van der Waals surface area contributed by atoms with Gasteiger partial charge in [-0.15, -0.1) is 0 Å². The van der Waals surface area contributed by atoms with Gasteiger partial charge < -0.3 is 14.9 Å². The van der Waals surface area contributed by atoms with Crippen molar-refractivity contribution in [2.75, 3.05) is 26.4 Å². The molecule has 0 radical (unpaired) electrons. The lowest BCUT2D eigenvalue weighted by Crippen LogP contribution is -2.38. The second kappa shape index (κ2) is 6.51. The van der Waals surface area contributed by atoms with Gasteiger partial charge in [0.05, 0.1) is 13.2 Å². The molecule has 19 heavy (non-hydrogen) atoms. The molecule has 1 aromatic carbocycles. The van der Waals surface area contributed by atoms with Crippen molar-refractivity contribution in [3.8, 4) is 0 Å². The number of benzene rings is 1. The second-order valence-corrected chi connectivity index (χ2v) is 5.72. The van der Waals surface area contributed by atoms with Gasteiger partial charge in [0, 0.05) is 18.6 Å². The van der Waals surface area contributed by atoms with E-state index in [9.17, 15) is 10.2 Å². The summed E-state index contributed by atoms with van der Waals surface area (Å²) >= 11 is 0. The number of aryl methyl sites for hydroxylation is 1. The number of aliphatic hydroxyl groups excluding tert-OH is 2. The maximum atomic E-state index is 9.84. The highest BCUT2D eigenvalue weighted by molar-refractivity contribution is 5.29. The van der Waals surface area contributed by atoms with Gasteiger partial charge >= 0.3 is 0 Å². The zero-order chi connectivity index (χ0) is 13.7. The Morgan fingerprint density at radius 3 is 2.21 bits per heavy atom. The lowest BCUT2D eigenvalue weighted by molar-refractivity contribution is 0.0354. The predicted molar refractivity (Wildman–Crippen MR) is 75.2 cm³/mol. The van der Waals surface area contributed by atoms with E-state index in [4.69, 9.17) is 4.74 Å². The van der Waals surface area contributed by atoms with Crippen LogP contribution in [0.4, 0.5) is 0 Å². The molecule has 0 saturated carbocycles. The molecular weight excluding hydrogens is 240 g/mol. The summed E-state index contributed by atoms with van der Waals surface area (Å²) in [5, 5.41) is 19.7. The number of ether oxygens (including phenoxy) is 1. The van der Waals surface area contributed by atoms with Crippen LogP contribution >= 0.6 is 0 Å².